The van der Waals surface area contributed by atoms with Crippen LogP contribution >= 0.6 is 0 Å². The molecule has 9 nitrogen and oxygen atoms in total. The fraction of sp³-hybridized carbons (Fsp3) is 0.348. The number of aromatic nitrogens is 4. The van der Waals surface area contributed by atoms with Crippen LogP contribution in [0.4, 0.5) is 6.01 Å². The van der Waals surface area contributed by atoms with Crippen molar-refractivity contribution in [1.82, 2.24) is 25.0 Å². The van der Waals surface area contributed by atoms with E-state index in [1.807, 2.05) is 48.2 Å². The van der Waals surface area contributed by atoms with Gasteiger partial charge in [0, 0.05) is 24.8 Å². The minimum atomic E-state index is -0.0437. The highest BCUT2D eigenvalue weighted by atomic mass is 16.5. The van der Waals surface area contributed by atoms with Gasteiger partial charge in [-0.05, 0) is 57.4 Å². The second kappa shape index (κ2) is 8.41. The number of anilines is 1. The molecule has 1 fully saturated rings. The molecule has 0 aliphatic carbocycles. The number of amides is 1. The highest BCUT2D eigenvalue weighted by Crippen LogP contribution is 2.27. The Bertz CT molecular complexity index is 1260. The monoisotopic (exact) mass is 432 g/mol. The number of oxazole rings is 1. The SMILES string of the molecule is Cc1ccc2oc(NCC3CCCCN3C(=O)c3ccccc3-c3nc(C)no3)nc2n1. The van der Waals surface area contributed by atoms with Gasteiger partial charge in [0.15, 0.2) is 11.4 Å². The van der Waals surface area contributed by atoms with Crippen molar-refractivity contribution in [1.29, 1.82) is 0 Å². The van der Waals surface area contributed by atoms with E-state index in [0.717, 1.165) is 25.0 Å². The predicted molar refractivity (Wildman–Crippen MR) is 118 cm³/mol. The lowest BCUT2D eigenvalue weighted by molar-refractivity contribution is 0.0628. The molecule has 1 atom stereocenters. The summed E-state index contributed by atoms with van der Waals surface area (Å²) in [5.41, 5.74) is 3.31. The average Bonchev–Trinajstić information content (AvgIpc) is 3.42. The Morgan fingerprint density at radius 1 is 1.12 bits per heavy atom. The first kappa shape index (κ1) is 20.2. The van der Waals surface area contributed by atoms with Crippen molar-refractivity contribution in [2.24, 2.45) is 0 Å². The number of aryl methyl sites for hydroxylation is 2. The summed E-state index contributed by atoms with van der Waals surface area (Å²) < 4.78 is 11.1. The van der Waals surface area contributed by atoms with Crippen molar-refractivity contribution in [3.63, 3.8) is 0 Å². The minimum absolute atomic E-state index is 0.0124. The number of fused-ring (bicyclic) bond motifs is 1. The third-order valence-corrected chi connectivity index (χ3v) is 5.68. The molecule has 1 amide bonds. The van der Waals surface area contributed by atoms with E-state index in [0.29, 0.717) is 53.2 Å². The second-order valence-electron chi connectivity index (χ2n) is 8.01. The highest BCUT2D eigenvalue weighted by molar-refractivity contribution is 6.00. The number of hydrogen-bond donors (Lipinski definition) is 1. The van der Waals surface area contributed by atoms with Crippen molar-refractivity contribution in [3.8, 4) is 11.5 Å². The Balaban J connectivity index is 1.36. The Morgan fingerprint density at radius 3 is 2.84 bits per heavy atom. The topological polar surface area (TPSA) is 110 Å². The first-order valence-corrected chi connectivity index (χ1v) is 10.8. The largest absolute Gasteiger partial charge is 0.422 e. The van der Waals surface area contributed by atoms with Gasteiger partial charge in [0.1, 0.15) is 0 Å². The molecule has 5 rings (SSSR count). The van der Waals surface area contributed by atoms with Gasteiger partial charge < -0.3 is 19.2 Å². The summed E-state index contributed by atoms with van der Waals surface area (Å²) in [6.07, 6.45) is 2.93. The molecule has 1 unspecified atom stereocenters. The van der Waals surface area contributed by atoms with Gasteiger partial charge in [0.05, 0.1) is 11.1 Å². The highest BCUT2D eigenvalue weighted by Gasteiger charge is 2.30. The Hall–Kier alpha value is -3.75. The van der Waals surface area contributed by atoms with Crippen LogP contribution in [-0.4, -0.2) is 50.0 Å². The molecule has 0 bridgehead atoms. The summed E-state index contributed by atoms with van der Waals surface area (Å²) in [4.78, 5) is 28.6. The average molecular weight is 432 g/mol. The molecule has 9 heteroatoms. The molecule has 1 aliphatic rings. The molecule has 4 heterocycles. The molecule has 1 saturated heterocycles. The zero-order valence-corrected chi connectivity index (χ0v) is 18.0. The first-order chi connectivity index (χ1) is 15.6. The summed E-state index contributed by atoms with van der Waals surface area (Å²) in [5, 5.41) is 7.12. The van der Waals surface area contributed by atoms with Crippen LogP contribution in [0.25, 0.3) is 22.7 Å². The number of rotatable bonds is 5. The summed E-state index contributed by atoms with van der Waals surface area (Å²) in [6, 6.07) is 11.5. The zero-order chi connectivity index (χ0) is 22.1. The summed E-state index contributed by atoms with van der Waals surface area (Å²) in [7, 11) is 0. The minimum Gasteiger partial charge on any atom is -0.422 e. The van der Waals surface area contributed by atoms with Crippen molar-refractivity contribution >= 4 is 23.2 Å². The van der Waals surface area contributed by atoms with E-state index in [2.05, 4.69) is 25.4 Å². The molecule has 32 heavy (non-hydrogen) atoms. The first-order valence-electron chi connectivity index (χ1n) is 10.8. The molecule has 164 valence electrons. The van der Waals surface area contributed by atoms with Crippen molar-refractivity contribution in [2.75, 3.05) is 18.4 Å². The molecule has 0 spiro atoms. The van der Waals surface area contributed by atoms with Crippen molar-refractivity contribution in [2.45, 2.75) is 39.2 Å². The van der Waals surface area contributed by atoms with Crippen LogP contribution in [0.3, 0.4) is 0 Å². The van der Waals surface area contributed by atoms with Gasteiger partial charge in [-0.1, -0.05) is 17.3 Å². The van der Waals surface area contributed by atoms with Crippen LogP contribution in [-0.2, 0) is 0 Å². The maximum atomic E-state index is 13.6. The number of nitrogens with one attached hydrogen (secondary N) is 1. The number of pyridine rings is 1. The fourth-order valence-corrected chi connectivity index (χ4v) is 4.09. The van der Waals surface area contributed by atoms with Crippen LogP contribution in [0.15, 0.2) is 45.3 Å². The Morgan fingerprint density at radius 2 is 2.00 bits per heavy atom. The predicted octanol–water partition coefficient (Wildman–Crippen LogP) is 4.00. The smallest absolute Gasteiger partial charge is 0.297 e. The van der Waals surface area contributed by atoms with Crippen LogP contribution < -0.4 is 5.32 Å². The molecule has 1 aromatic carbocycles. The van der Waals surface area contributed by atoms with E-state index in [-0.39, 0.29) is 11.9 Å². The Labute approximate surface area is 184 Å². The quantitative estimate of drug-likeness (QED) is 0.504. The van der Waals surface area contributed by atoms with Crippen molar-refractivity contribution < 1.29 is 13.7 Å². The van der Waals surface area contributed by atoms with Crippen molar-refractivity contribution in [3.05, 3.63) is 53.5 Å². The van der Waals surface area contributed by atoms with E-state index in [4.69, 9.17) is 8.94 Å². The molecule has 1 aliphatic heterocycles. The van der Waals surface area contributed by atoms with E-state index in [1.54, 1.807) is 6.92 Å². The van der Waals surface area contributed by atoms with E-state index < -0.39 is 0 Å². The van der Waals surface area contributed by atoms with Gasteiger partial charge in [-0.15, -0.1) is 0 Å². The van der Waals surface area contributed by atoms with Gasteiger partial charge in [-0.2, -0.15) is 9.97 Å². The molecule has 4 aromatic rings. The van der Waals surface area contributed by atoms with Gasteiger partial charge in [-0.25, -0.2) is 4.98 Å². The number of likely N-dealkylation sites (tertiary alicyclic amines) is 1. The molecule has 1 N–H and O–H groups in total. The summed E-state index contributed by atoms with van der Waals surface area (Å²) in [5.74, 6) is 0.843. The van der Waals surface area contributed by atoms with Gasteiger partial charge in [0.25, 0.3) is 17.8 Å². The van der Waals surface area contributed by atoms with Crippen LogP contribution in [0.2, 0.25) is 0 Å². The number of benzene rings is 1. The Kier molecular flexibility index (Phi) is 5.30. The number of carbonyl (C=O) groups is 1. The van der Waals surface area contributed by atoms with Crippen LogP contribution in [0.5, 0.6) is 0 Å². The molecular formula is C23H24N6O3. The van der Waals surface area contributed by atoms with Crippen LogP contribution in [0, 0.1) is 13.8 Å². The lowest BCUT2D eigenvalue weighted by atomic mass is 9.99. The summed E-state index contributed by atoms with van der Waals surface area (Å²) in [6.45, 7) is 4.91. The van der Waals surface area contributed by atoms with E-state index in [9.17, 15) is 4.79 Å². The van der Waals surface area contributed by atoms with Gasteiger partial charge >= 0.3 is 0 Å². The second-order valence-corrected chi connectivity index (χ2v) is 8.01. The third kappa shape index (κ3) is 3.93. The van der Waals surface area contributed by atoms with E-state index >= 15 is 0 Å². The molecule has 0 saturated carbocycles. The van der Waals surface area contributed by atoms with Crippen LogP contribution in [0.1, 0.15) is 41.1 Å². The maximum Gasteiger partial charge on any atom is 0.297 e. The van der Waals surface area contributed by atoms with Gasteiger partial charge in [-0.3, -0.25) is 4.79 Å². The fourth-order valence-electron chi connectivity index (χ4n) is 4.09. The normalized spacial score (nSPS) is 16.4. The number of hydrogen-bond acceptors (Lipinski definition) is 8. The summed E-state index contributed by atoms with van der Waals surface area (Å²) >= 11 is 0. The van der Waals surface area contributed by atoms with Gasteiger partial charge in [0.2, 0.25) is 5.65 Å². The molecular weight excluding hydrogens is 408 g/mol. The standard InChI is InChI=1S/C23H24N6O3/c1-14-10-11-19-20(25-14)27-23(31-19)24-13-16-7-5-6-12-29(16)22(30)18-9-4-3-8-17(18)21-26-15(2)28-32-21/h3-4,8-11,16H,5-7,12-13H2,1-2H3,(H,24,25,27). The number of carbonyl (C=O) groups excluding carboxylic acids is 1. The molecule has 0 radical (unpaired) electrons. The maximum absolute atomic E-state index is 13.6. The zero-order valence-electron chi connectivity index (χ0n) is 18.0. The number of piperidine rings is 1. The number of nitrogens with zero attached hydrogens (tertiary/aromatic N) is 5. The molecule has 3 aromatic heterocycles. The third-order valence-electron chi connectivity index (χ3n) is 5.68. The lowest BCUT2D eigenvalue weighted by Gasteiger charge is -2.36. The lowest BCUT2D eigenvalue weighted by Crippen LogP contribution is -2.47. The van der Waals surface area contributed by atoms with E-state index in [1.165, 1.54) is 0 Å².